The second-order valence-electron chi connectivity index (χ2n) is 5.34. The summed E-state index contributed by atoms with van der Waals surface area (Å²) in [5, 5.41) is 9.99. The van der Waals surface area contributed by atoms with Crippen molar-refractivity contribution >= 4 is 17.3 Å². The van der Waals surface area contributed by atoms with Crippen LogP contribution in [0.3, 0.4) is 0 Å². The third-order valence-corrected chi connectivity index (χ3v) is 4.28. The van der Waals surface area contributed by atoms with Gasteiger partial charge in [-0.2, -0.15) is 0 Å². The highest BCUT2D eigenvalue weighted by Gasteiger charge is 2.21. The molecule has 0 spiro atoms. The molecule has 0 aromatic heterocycles. The van der Waals surface area contributed by atoms with Gasteiger partial charge in [0.25, 0.3) is 0 Å². The third-order valence-electron chi connectivity index (χ3n) is 3.93. The lowest BCUT2D eigenvalue weighted by molar-refractivity contribution is 0.117. The summed E-state index contributed by atoms with van der Waals surface area (Å²) >= 11 is 6.24. The molecule has 0 saturated heterocycles. The van der Waals surface area contributed by atoms with Gasteiger partial charge >= 0.3 is 0 Å². The van der Waals surface area contributed by atoms with Crippen LogP contribution in [0, 0.1) is 0 Å². The molecule has 0 bridgehead atoms. The highest BCUT2D eigenvalue weighted by molar-refractivity contribution is 6.31. The molecule has 106 valence electrons. The van der Waals surface area contributed by atoms with Crippen molar-refractivity contribution in [1.29, 1.82) is 0 Å². The number of aliphatic hydroxyl groups excluding tert-OH is 1. The number of hydrogen-bond donors (Lipinski definition) is 2. The van der Waals surface area contributed by atoms with Crippen molar-refractivity contribution < 1.29 is 5.11 Å². The van der Waals surface area contributed by atoms with Crippen LogP contribution in [0.4, 0.5) is 5.69 Å². The predicted molar refractivity (Wildman–Crippen MR) is 80.2 cm³/mol. The standard InChI is InChI=1S/C15H23ClN2O/c16-15-10-13(17)7-6-12(15)11-18(8-9-19)14-4-2-1-3-5-14/h6-7,10,14,19H,1-5,8-9,11,17H2. The molecular formula is C15H23ClN2O. The topological polar surface area (TPSA) is 49.5 Å². The highest BCUT2D eigenvalue weighted by Crippen LogP contribution is 2.26. The number of benzene rings is 1. The fourth-order valence-electron chi connectivity index (χ4n) is 2.88. The van der Waals surface area contributed by atoms with Crippen molar-refractivity contribution in [2.75, 3.05) is 18.9 Å². The van der Waals surface area contributed by atoms with Gasteiger partial charge in [-0.15, -0.1) is 0 Å². The van der Waals surface area contributed by atoms with Gasteiger partial charge < -0.3 is 10.8 Å². The number of nitrogen functional groups attached to an aromatic ring is 1. The predicted octanol–water partition coefficient (Wildman–Crippen LogP) is 3.05. The summed E-state index contributed by atoms with van der Waals surface area (Å²) < 4.78 is 0. The molecule has 3 N–H and O–H groups in total. The number of nitrogens with zero attached hydrogens (tertiary/aromatic N) is 1. The maximum atomic E-state index is 9.26. The number of rotatable bonds is 5. The van der Waals surface area contributed by atoms with Gasteiger partial charge in [0, 0.05) is 29.8 Å². The van der Waals surface area contributed by atoms with E-state index in [-0.39, 0.29) is 6.61 Å². The van der Waals surface area contributed by atoms with Crippen LogP contribution in [0.25, 0.3) is 0 Å². The maximum absolute atomic E-state index is 9.26. The number of aliphatic hydroxyl groups is 1. The van der Waals surface area contributed by atoms with Gasteiger partial charge in [-0.3, -0.25) is 4.90 Å². The van der Waals surface area contributed by atoms with E-state index in [0.717, 1.165) is 17.1 Å². The first kappa shape index (κ1) is 14.6. The first-order valence-corrected chi connectivity index (χ1v) is 7.47. The minimum absolute atomic E-state index is 0.198. The Morgan fingerprint density at radius 2 is 2.00 bits per heavy atom. The van der Waals surface area contributed by atoms with Crippen LogP contribution in [0.15, 0.2) is 18.2 Å². The van der Waals surface area contributed by atoms with Gasteiger partial charge in [0.2, 0.25) is 0 Å². The number of hydrogen-bond acceptors (Lipinski definition) is 3. The summed E-state index contributed by atoms with van der Waals surface area (Å²) in [6.45, 7) is 1.71. The Morgan fingerprint density at radius 3 is 2.63 bits per heavy atom. The van der Waals surface area contributed by atoms with E-state index in [2.05, 4.69) is 4.90 Å². The summed E-state index contributed by atoms with van der Waals surface area (Å²) in [6, 6.07) is 6.26. The molecule has 4 heteroatoms. The molecule has 0 unspecified atom stereocenters. The van der Waals surface area contributed by atoms with Crippen LogP contribution < -0.4 is 5.73 Å². The molecule has 1 aromatic rings. The van der Waals surface area contributed by atoms with E-state index in [1.54, 1.807) is 6.07 Å². The van der Waals surface area contributed by atoms with Crippen LogP contribution in [0.2, 0.25) is 5.02 Å². The van der Waals surface area contributed by atoms with E-state index < -0.39 is 0 Å². The van der Waals surface area contributed by atoms with Crippen LogP contribution in [0.5, 0.6) is 0 Å². The SMILES string of the molecule is Nc1ccc(CN(CCO)C2CCCCC2)c(Cl)c1. The fraction of sp³-hybridized carbons (Fsp3) is 0.600. The molecule has 2 rings (SSSR count). The molecule has 1 saturated carbocycles. The second kappa shape index (κ2) is 7.13. The molecule has 0 radical (unpaired) electrons. The van der Waals surface area contributed by atoms with Crippen LogP contribution in [-0.2, 0) is 6.54 Å². The van der Waals surface area contributed by atoms with Crippen molar-refractivity contribution in [2.45, 2.75) is 44.7 Å². The second-order valence-corrected chi connectivity index (χ2v) is 5.74. The zero-order chi connectivity index (χ0) is 13.7. The van der Waals surface area contributed by atoms with Crippen molar-refractivity contribution in [3.63, 3.8) is 0 Å². The molecule has 1 aromatic carbocycles. The number of nitrogens with two attached hydrogens (primary N) is 1. The minimum atomic E-state index is 0.198. The van der Waals surface area contributed by atoms with Gasteiger partial charge in [0.1, 0.15) is 0 Å². The smallest absolute Gasteiger partial charge is 0.0558 e. The summed E-state index contributed by atoms with van der Waals surface area (Å²) in [5.74, 6) is 0. The Labute approximate surface area is 120 Å². The minimum Gasteiger partial charge on any atom is -0.399 e. The molecule has 0 heterocycles. The van der Waals surface area contributed by atoms with E-state index in [9.17, 15) is 5.11 Å². The zero-order valence-corrected chi connectivity index (χ0v) is 12.1. The van der Waals surface area contributed by atoms with Crippen molar-refractivity contribution in [3.8, 4) is 0 Å². The Balaban J connectivity index is 2.06. The highest BCUT2D eigenvalue weighted by atomic mass is 35.5. The monoisotopic (exact) mass is 282 g/mol. The molecule has 0 aliphatic heterocycles. The van der Waals surface area contributed by atoms with E-state index in [1.165, 1.54) is 32.1 Å². The van der Waals surface area contributed by atoms with Gasteiger partial charge in [0.15, 0.2) is 0 Å². The molecule has 0 atom stereocenters. The van der Waals surface area contributed by atoms with E-state index in [4.69, 9.17) is 17.3 Å². The average Bonchev–Trinajstić information content (AvgIpc) is 2.42. The Hall–Kier alpha value is -0.770. The Bertz CT molecular complexity index is 405. The van der Waals surface area contributed by atoms with Gasteiger partial charge in [-0.05, 0) is 30.5 Å². The summed E-state index contributed by atoms with van der Waals surface area (Å²) in [7, 11) is 0. The lowest BCUT2D eigenvalue weighted by Crippen LogP contribution is -2.38. The number of halogens is 1. The van der Waals surface area contributed by atoms with Gasteiger partial charge in [-0.1, -0.05) is 36.9 Å². The normalized spacial score (nSPS) is 17.0. The Morgan fingerprint density at radius 1 is 1.26 bits per heavy atom. The first-order chi connectivity index (χ1) is 9.20. The average molecular weight is 283 g/mol. The van der Waals surface area contributed by atoms with E-state index in [0.29, 0.717) is 18.3 Å². The molecule has 1 aliphatic rings. The van der Waals surface area contributed by atoms with Crippen LogP contribution in [0.1, 0.15) is 37.7 Å². The lowest BCUT2D eigenvalue weighted by Gasteiger charge is -2.34. The summed E-state index contributed by atoms with van der Waals surface area (Å²) in [4.78, 5) is 2.36. The fourth-order valence-corrected chi connectivity index (χ4v) is 3.12. The quantitative estimate of drug-likeness (QED) is 0.816. The molecule has 1 aliphatic carbocycles. The van der Waals surface area contributed by atoms with Crippen molar-refractivity contribution in [1.82, 2.24) is 4.90 Å². The maximum Gasteiger partial charge on any atom is 0.0558 e. The van der Waals surface area contributed by atoms with E-state index in [1.807, 2.05) is 12.1 Å². The molecule has 3 nitrogen and oxygen atoms in total. The largest absolute Gasteiger partial charge is 0.399 e. The summed E-state index contributed by atoms with van der Waals surface area (Å²) in [5.41, 5.74) is 7.51. The van der Waals surface area contributed by atoms with E-state index >= 15 is 0 Å². The molecule has 19 heavy (non-hydrogen) atoms. The third kappa shape index (κ3) is 4.10. The van der Waals surface area contributed by atoms with Crippen molar-refractivity contribution in [3.05, 3.63) is 28.8 Å². The molecule has 0 amide bonds. The number of anilines is 1. The zero-order valence-electron chi connectivity index (χ0n) is 11.3. The molecule has 1 fully saturated rings. The molecular weight excluding hydrogens is 260 g/mol. The van der Waals surface area contributed by atoms with Crippen LogP contribution in [-0.4, -0.2) is 29.2 Å². The first-order valence-electron chi connectivity index (χ1n) is 7.09. The van der Waals surface area contributed by atoms with Gasteiger partial charge in [-0.25, -0.2) is 0 Å². The van der Waals surface area contributed by atoms with Gasteiger partial charge in [0.05, 0.1) is 6.61 Å². The van der Waals surface area contributed by atoms with Crippen LogP contribution >= 0.6 is 11.6 Å². The lowest BCUT2D eigenvalue weighted by atomic mass is 9.94. The Kier molecular flexibility index (Phi) is 5.49. The summed E-state index contributed by atoms with van der Waals surface area (Å²) in [6.07, 6.45) is 6.38. The van der Waals surface area contributed by atoms with Crippen molar-refractivity contribution in [2.24, 2.45) is 0 Å².